The first-order valence-electron chi connectivity index (χ1n) is 4.52. The fraction of sp³-hybridized carbons (Fsp3) is 0.182. The molecule has 1 aromatic carbocycles. The average molecular weight is 241 g/mol. The number of carbonyl (C=O) groups is 1. The minimum Gasteiger partial charge on any atom is -0.515 e. The molecular weight excluding hydrogens is 232 g/mol. The van der Waals surface area contributed by atoms with Crippen molar-refractivity contribution in [3.8, 4) is 0 Å². The number of Topliss-reactive ketones (excluding diaryl/α,β-unsaturated/α-hetero) is 1. The van der Waals surface area contributed by atoms with Crippen LogP contribution in [-0.4, -0.2) is 16.6 Å². The molecule has 4 heteroatoms. The van der Waals surface area contributed by atoms with Gasteiger partial charge in [-0.25, -0.2) is 0 Å². The third-order valence-corrected chi connectivity index (χ3v) is 3.57. The van der Waals surface area contributed by atoms with Crippen LogP contribution in [0.15, 0.2) is 34.9 Å². The summed E-state index contributed by atoms with van der Waals surface area (Å²) in [6, 6.07) is 5.27. The van der Waals surface area contributed by atoms with Gasteiger partial charge >= 0.3 is 0 Å². The SMILES string of the molecule is O=C1/C(=C/O)CCSc2ccc(Cl)cc21. The van der Waals surface area contributed by atoms with Crippen molar-refractivity contribution in [2.45, 2.75) is 11.3 Å². The van der Waals surface area contributed by atoms with Gasteiger partial charge in [0.05, 0.1) is 6.26 Å². The van der Waals surface area contributed by atoms with Crippen molar-refractivity contribution >= 4 is 29.1 Å². The molecule has 1 N–H and O–H groups in total. The van der Waals surface area contributed by atoms with E-state index in [1.165, 1.54) is 0 Å². The van der Waals surface area contributed by atoms with Crippen LogP contribution in [-0.2, 0) is 0 Å². The summed E-state index contributed by atoms with van der Waals surface area (Å²) in [5.41, 5.74) is 1.04. The highest BCUT2D eigenvalue weighted by molar-refractivity contribution is 7.99. The number of ketones is 1. The van der Waals surface area contributed by atoms with Crippen LogP contribution in [0.2, 0.25) is 5.02 Å². The zero-order chi connectivity index (χ0) is 10.8. The predicted molar refractivity (Wildman–Crippen MR) is 61.8 cm³/mol. The van der Waals surface area contributed by atoms with E-state index in [4.69, 9.17) is 16.7 Å². The highest BCUT2D eigenvalue weighted by atomic mass is 35.5. The number of rotatable bonds is 0. The highest BCUT2D eigenvalue weighted by Crippen LogP contribution is 2.32. The normalized spacial score (nSPS) is 18.7. The lowest BCUT2D eigenvalue weighted by atomic mass is 10.0. The Balaban J connectivity index is 2.54. The van der Waals surface area contributed by atoms with E-state index in [1.54, 1.807) is 23.9 Å². The van der Waals surface area contributed by atoms with Crippen LogP contribution >= 0.6 is 23.4 Å². The molecule has 0 aliphatic carbocycles. The summed E-state index contributed by atoms with van der Waals surface area (Å²) in [5.74, 6) is 0.673. The number of fused-ring (bicyclic) bond motifs is 1. The smallest absolute Gasteiger partial charge is 0.193 e. The van der Waals surface area contributed by atoms with E-state index in [1.807, 2.05) is 6.07 Å². The zero-order valence-electron chi connectivity index (χ0n) is 7.87. The Labute approximate surface area is 96.9 Å². The number of aliphatic hydroxyl groups is 1. The van der Waals surface area contributed by atoms with Crippen LogP contribution in [0.25, 0.3) is 0 Å². The summed E-state index contributed by atoms with van der Waals surface area (Å²) in [6.07, 6.45) is 1.49. The van der Waals surface area contributed by atoms with Crippen LogP contribution in [0, 0.1) is 0 Å². The Morgan fingerprint density at radius 1 is 1.47 bits per heavy atom. The monoisotopic (exact) mass is 240 g/mol. The summed E-state index contributed by atoms with van der Waals surface area (Å²) in [7, 11) is 0. The minimum absolute atomic E-state index is 0.125. The van der Waals surface area contributed by atoms with Gasteiger partial charge in [0.25, 0.3) is 0 Å². The van der Waals surface area contributed by atoms with E-state index >= 15 is 0 Å². The van der Waals surface area contributed by atoms with Crippen LogP contribution in [0.4, 0.5) is 0 Å². The number of hydrogen-bond donors (Lipinski definition) is 1. The predicted octanol–water partition coefficient (Wildman–Crippen LogP) is 3.46. The second kappa shape index (κ2) is 4.29. The average Bonchev–Trinajstić information content (AvgIpc) is 2.39. The Morgan fingerprint density at radius 2 is 2.27 bits per heavy atom. The fourth-order valence-electron chi connectivity index (χ4n) is 1.49. The van der Waals surface area contributed by atoms with Crippen LogP contribution in [0.5, 0.6) is 0 Å². The Morgan fingerprint density at radius 3 is 3.00 bits per heavy atom. The second-order valence-corrected chi connectivity index (χ2v) is 4.80. The minimum atomic E-state index is -0.125. The quantitative estimate of drug-likeness (QED) is 0.557. The number of allylic oxidation sites excluding steroid dienone is 1. The molecule has 0 unspecified atom stereocenters. The summed E-state index contributed by atoms with van der Waals surface area (Å²) in [6.45, 7) is 0. The molecule has 1 aliphatic heterocycles. The number of hydrogen-bond acceptors (Lipinski definition) is 3. The van der Waals surface area contributed by atoms with E-state index < -0.39 is 0 Å². The fourth-order valence-corrected chi connectivity index (χ4v) is 2.67. The maximum atomic E-state index is 11.9. The molecule has 78 valence electrons. The summed E-state index contributed by atoms with van der Waals surface area (Å²) in [5, 5.41) is 9.50. The van der Waals surface area contributed by atoms with Gasteiger partial charge in [0.1, 0.15) is 0 Å². The molecule has 2 nitrogen and oxygen atoms in total. The lowest BCUT2D eigenvalue weighted by Crippen LogP contribution is -2.03. The standard InChI is InChI=1S/C11H9ClO2S/c12-8-1-2-10-9(5-8)11(14)7(6-13)3-4-15-10/h1-2,5-6,13H,3-4H2/b7-6+. The summed E-state index contributed by atoms with van der Waals surface area (Å²) >= 11 is 7.45. The largest absolute Gasteiger partial charge is 0.515 e. The van der Waals surface area contributed by atoms with Crippen LogP contribution in [0.3, 0.4) is 0 Å². The molecule has 0 atom stereocenters. The third kappa shape index (κ3) is 2.03. The third-order valence-electron chi connectivity index (χ3n) is 2.26. The van der Waals surface area contributed by atoms with Gasteiger partial charge in [0, 0.05) is 26.8 Å². The first-order valence-corrected chi connectivity index (χ1v) is 5.89. The topological polar surface area (TPSA) is 37.3 Å². The van der Waals surface area contributed by atoms with Crippen molar-refractivity contribution in [2.24, 2.45) is 0 Å². The highest BCUT2D eigenvalue weighted by Gasteiger charge is 2.20. The maximum Gasteiger partial charge on any atom is 0.193 e. The van der Waals surface area contributed by atoms with Crippen molar-refractivity contribution < 1.29 is 9.90 Å². The van der Waals surface area contributed by atoms with E-state index in [0.717, 1.165) is 16.9 Å². The zero-order valence-corrected chi connectivity index (χ0v) is 9.44. The van der Waals surface area contributed by atoms with E-state index in [9.17, 15) is 4.79 Å². The molecule has 0 spiro atoms. The number of halogens is 1. The first kappa shape index (κ1) is 10.6. The molecule has 15 heavy (non-hydrogen) atoms. The van der Waals surface area contributed by atoms with Crippen LogP contribution < -0.4 is 0 Å². The maximum absolute atomic E-state index is 11.9. The Bertz CT molecular complexity index is 440. The number of aliphatic hydroxyl groups excluding tert-OH is 1. The van der Waals surface area contributed by atoms with Gasteiger partial charge in [0.15, 0.2) is 5.78 Å². The van der Waals surface area contributed by atoms with E-state index in [-0.39, 0.29) is 5.78 Å². The molecule has 1 aliphatic rings. The molecule has 1 heterocycles. The van der Waals surface area contributed by atoms with Gasteiger partial charge in [0.2, 0.25) is 0 Å². The van der Waals surface area contributed by atoms with Gasteiger partial charge < -0.3 is 5.11 Å². The van der Waals surface area contributed by atoms with Gasteiger partial charge in [-0.1, -0.05) is 11.6 Å². The van der Waals surface area contributed by atoms with Gasteiger partial charge in [-0.3, -0.25) is 4.79 Å². The van der Waals surface area contributed by atoms with Gasteiger partial charge in [-0.05, 0) is 24.6 Å². The van der Waals surface area contributed by atoms with Crippen LogP contribution in [0.1, 0.15) is 16.8 Å². The Kier molecular flexibility index (Phi) is 3.03. The molecule has 2 rings (SSSR count). The molecule has 1 aromatic rings. The Hall–Kier alpha value is -0.930. The number of benzene rings is 1. The van der Waals surface area contributed by atoms with Crippen molar-refractivity contribution in [1.82, 2.24) is 0 Å². The first-order chi connectivity index (χ1) is 7.22. The second-order valence-electron chi connectivity index (χ2n) is 3.22. The molecule has 0 aromatic heterocycles. The lowest BCUT2D eigenvalue weighted by molar-refractivity contribution is 0.102. The molecule has 0 saturated carbocycles. The van der Waals surface area contributed by atoms with Crippen molar-refractivity contribution in [1.29, 1.82) is 0 Å². The summed E-state index contributed by atoms with van der Waals surface area (Å²) < 4.78 is 0. The number of thioether (sulfide) groups is 1. The molecule has 0 fully saturated rings. The van der Waals surface area contributed by atoms with Crippen molar-refractivity contribution in [2.75, 3.05) is 5.75 Å². The molecule has 0 amide bonds. The molecule has 0 saturated heterocycles. The molecule has 0 bridgehead atoms. The molecular formula is C11H9ClO2S. The van der Waals surface area contributed by atoms with Gasteiger partial charge in [-0.2, -0.15) is 0 Å². The lowest BCUT2D eigenvalue weighted by Gasteiger charge is -2.03. The van der Waals surface area contributed by atoms with Gasteiger partial charge in [-0.15, -0.1) is 11.8 Å². The summed E-state index contributed by atoms with van der Waals surface area (Å²) in [4.78, 5) is 12.9. The van der Waals surface area contributed by atoms with E-state index in [0.29, 0.717) is 22.6 Å². The number of carbonyl (C=O) groups excluding carboxylic acids is 1. The van der Waals surface area contributed by atoms with Crippen molar-refractivity contribution in [3.05, 3.63) is 40.6 Å². The molecule has 0 radical (unpaired) electrons. The van der Waals surface area contributed by atoms with E-state index in [2.05, 4.69) is 0 Å². The van der Waals surface area contributed by atoms with Crippen molar-refractivity contribution in [3.63, 3.8) is 0 Å².